The number of phenolic OH excluding ortho intramolecular Hbond substituents is 2. The summed E-state index contributed by atoms with van der Waals surface area (Å²) in [6.07, 6.45) is 0. The van der Waals surface area contributed by atoms with Crippen molar-refractivity contribution in [2.24, 2.45) is 0 Å². The summed E-state index contributed by atoms with van der Waals surface area (Å²) in [7, 11) is 0. The Kier molecular flexibility index (Phi) is 15.5. The van der Waals surface area contributed by atoms with Crippen LogP contribution in [0.25, 0.3) is 0 Å². The molecule has 0 heterocycles. The van der Waals surface area contributed by atoms with E-state index in [1.54, 1.807) is 109 Å². The summed E-state index contributed by atoms with van der Waals surface area (Å²) in [5.74, 6) is -1.22. The number of ether oxygens (including phenoxy) is 2. The molecule has 2 amide bonds. The van der Waals surface area contributed by atoms with E-state index in [9.17, 15) is 24.0 Å². The van der Waals surface area contributed by atoms with Crippen molar-refractivity contribution in [1.29, 1.82) is 0 Å². The summed E-state index contributed by atoms with van der Waals surface area (Å²) in [6, 6.07) is 44.0. The van der Waals surface area contributed by atoms with E-state index in [4.69, 9.17) is 35.0 Å². The third-order valence-corrected chi connectivity index (χ3v) is 8.78. The van der Waals surface area contributed by atoms with Crippen molar-refractivity contribution in [3.8, 4) is 34.5 Å². The first-order valence-electron chi connectivity index (χ1n) is 18.1. The maximum atomic E-state index is 12.6. The maximum absolute atomic E-state index is 12.6. The first-order valence-corrected chi connectivity index (χ1v) is 18.9. The van der Waals surface area contributed by atoms with Crippen LogP contribution in [0, 0.1) is 0 Å². The number of rotatable bonds is 11. The molecule has 0 saturated heterocycles. The molecule has 0 aromatic heterocycles. The Balaban J connectivity index is 0.000000220. The molecule has 312 valence electrons. The Morgan fingerprint density at radius 1 is 0.355 bits per heavy atom. The van der Waals surface area contributed by atoms with Gasteiger partial charge in [-0.1, -0.05) is 15.9 Å². The Hall–Kier alpha value is -8.43. The van der Waals surface area contributed by atoms with Gasteiger partial charge < -0.3 is 45.6 Å². The number of aromatic carboxylic acids is 3. The number of carbonyl (C=O) groups is 5. The molecule has 15 heteroatoms. The minimum Gasteiger partial charge on any atom is -0.508 e. The fourth-order valence-corrected chi connectivity index (χ4v) is 5.30. The average Bonchev–Trinajstić information content (AvgIpc) is 3.26. The number of nitrogens with one attached hydrogen (secondary N) is 2. The van der Waals surface area contributed by atoms with Crippen LogP contribution in [0.4, 0.5) is 11.4 Å². The second kappa shape index (κ2) is 21.5. The molecule has 0 atom stereocenters. The molecule has 7 rings (SSSR count). The zero-order valence-corrected chi connectivity index (χ0v) is 33.7. The van der Waals surface area contributed by atoms with Gasteiger partial charge >= 0.3 is 17.9 Å². The van der Waals surface area contributed by atoms with Crippen LogP contribution in [0.2, 0.25) is 0 Å². The molecular weight excluding hydrogens is 864 g/mol. The molecule has 0 saturated carbocycles. The summed E-state index contributed by atoms with van der Waals surface area (Å²) in [5.41, 5.74) is 2.70. The largest absolute Gasteiger partial charge is 0.508 e. The molecule has 0 radical (unpaired) electrons. The lowest BCUT2D eigenvalue weighted by Crippen LogP contribution is -2.11. The zero-order chi connectivity index (χ0) is 44.6. The summed E-state index contributed by atoms with van der Waals surface area (Å²) in [5, 5.41) is 50.0. The molecule has 0 unspecified atom stereocenters. The lowest BCUT2D eigenvalue weighted by molar-refractivity contribution is 0.0686. The van der Waals surface area contributed by atoms with Crippen LogP contribution in [0.5, 0.6) is 34.5 Å². The number of phenols is 2. The van der Waals surface area contributed by atoms with Gasteiger partial charge in [0, 0.05) is 27.0 Å². The van der Waals surface area contributed by atoms with E-state index in [1.807, 2.05) is 0 Å². The monoisotopic (exact) mass is 898 g/mol. The molecular formula is C47H35BrN2O12. The molecule has 7 N–H and O–H groups in total. The number of aromatic hydroxyl groups is 2. The first-order chi connectivity index (χ1) is 29.7. The highest BCUT2D eigenvalue weighted by Gasteiger charge is 2.10. The molecule has 62 heavy (non-hydrogen) atoms. The Morgan fingerprint density at radius 3 is 0.919 bits per heavy atom. The fourth-order valence-electron chi connectivity index (χ4n) is 5.04. The van der Waals surface area contributed by atoms with Crippen LogP contribution in [0.3, 0.4) is 0 Å². The Bertz CT molecular complexity index is 2620. The maximum Gasteiger partial charge on any atom is 0.335 e. The first kappa shape index (κ1) is 44.7. The molecule has 0 fully saturated rings. The highest BCUT2D eigenvalue weighted by Crippen LogP contribution is 2.25. The van der Waals surface area contributed by atoms with E-state index in [2.05, 4.69) is 26.6 Å². The SMILES string of the molecule is O=C(Nc1ccc(O)cc1)c1ccc(O)cc1.O=C(O)c1ccc(Br)cc1.O=C(O)c1ccc(Oc2ccc(NC(=O)c3ccc(Oc4ccc(C(=O)O)cc4)cc3)cc2)cc1. The van der Waals surface area contributed by atoms with E-state index < -0.39 is 17.9 Å². The van der Waals surface area contributed by atoms with E-state index in [-0.39, 0.29) is 34.4 Å². The number of carboxylic acids is 3. The Morgan fingerprint density at radius 2 is 0.597 bits per heavy atom. The van der Waals surface area contributed by atoms with Crippen molar-refractivity contribution in [3.63, 3.8) is 0 Å². The standard InChI is InChI=1S/C27H19NO7.C13H11NO3.C7H5BrO2/c29-25(17-1-9-21(10-2-17)34-22-11-3-18(4-12-22)26(30)31)28-20-7-15-24(16-8-20)35-23-13-5-19(6-14-23)27(32)33;15-11-5-1-9(2-6-11)13(17)14-10-3-7-12(16)8-4-10;8-6-3-1-5(2-4-6)7(9)10/h1-16H,(H,28,29)(H,30,31)(H,32,33);1-8,15-16H,(H,14,17);1-4H,(H,9,10). The zero-order valence-electron chi connectivity index (χ0n) is 32.1. The van der Waals surface area contributed by atoms with Gasteiger partial charge in [0.25, 0.3) is 11.8 Å². The molecule has 7 aromatic rings. The highest BCUT2D eigenvalue weighted by atomic mass is 79.9. The highest BCUT2D eigenvalue weighted by molar-refractivity contribution is 9.10. The van der Waals surface area contributed by atoms with Crippen LogP contribution in [0.15, 0.2) is 174 Å². The van der Waals surface area contributed by atoms with Crippen LogP contribution < -0.4 is 20.1 Å². The van der Waals surface area contributed by atoms with E-state index in [0.717, 1.165) is 4.47 Å². The van der Waals surface area contributed by atoms with E-state index in [1.165, 1.54) is 60.7 Å². The quantitative estimate of drug-likeness (QED) is 0.0602. The normalized spacial score (nSPS) is 10.0. The third kappa shape index (κ3) is 13.9. The molecule has 0 aliphatic heterocycles. The van der Waals surface area contributed by atoms with Crippen molar-refractivity contribution in [2.45, 2.75) is 0 Å². The number of hydrogen-bond acceptors (Lipinski definition) is 9. The van der Waals surface area contributed by atoms with Crippen molar-refractivity contribution < 1.29 is 59.0 Å². The minimum absolute atomic E-state index is 0.117. The fraction of sp³-hybridized carbons (Fsp3) is 0. The lowest BCUT2D eigenvalue weighted by atomic mass is 10.2. The topological polar surface area (TPSA) is 229 Å². The van der Waals surface area contributed by atoms with Gasteiger partial charge in [-0.25, -0.2) is 14.4 Å². The molecule has 0 bridgehead atoms. The summed E-state index contributed by atoms with van der Waals surface area (Å²) in [6.45, 7) is 0. The number of amides is 2. The van der Waals surface area contributed by atoms with Crippen LogP contribution in [-0.2, 0) is 0 Å². The second-order valence-electron chi connectivity index (χ2n) is 12.7. The van der Waals surface area contributed by atoms with Crippen molar-refractivity contribution in [1.82, 2.24) is 0 Å². The van der Waals surface area contributed by atoms with Crippen LogP contribution in [-0.4, -0.2) is 55.3 Å². The van der Waals surface area contributed by atoms with Gasteiger partial charge in [-0.2, -0.15) is 0 Å². The Labute approximate surface area is 362 Å². The van der Waals surface area contributed by atoms with Crippen molar-refractivity contribution in [2.75, 3.05) is 10.6 Å². The van der Waals surface area contributed by atoms with Gasteiger partial charge in [0.05, 0.1) is 16.7 Å². The van der Waals surface area contributed by atoms with Gasteiger partial charge in [-0.3, -0.25) is 9.59 Å². The van der Waals surface area contributed by atoms with Gasteiger partial charge in [-0.05, 0) is 170 Å². The third-order valence-electron chi connectivity index (χ3n) is 8.25. The van der Waals surface area contributed by atoms with E-state index >= 15 is 0 Å². The predicted molar refractivity (Wildman–Crippen MR) is 233 cm³/mol. The minimum atomic E-state index is -1.01. The summed E-state index contributed by atoms with van der Waals surface area (Å²) < 4.78 is 12.3. The number of anilines is 2. The smallest absolute Gasteiger partial charge is 0.335 e. The van der Waals surface area contributed by atoms with Crippen molar-refractivity contribution >= 4 is 57.0 Å². The second-order valence-corrected chi connectivity index (χ2v) is 13.6. The van der Waals surface area contributed by atoms with Gasteiger partial charge in [-0.15, -0.1) is 0 Å². The average molecular weight is 900 g/mol. The molecule has 0 aliphatic carbocycles. The number of halogens is 1. The summed E-state index contributed by atoms with van der Waals surface area (Å²) >= 11 is 3.20. The predicted octanol–water partition coefficient (Wildman–Crippen LogP) is 10.4. The van der Waals surface area contributed by atoms with Gasteiger partial charge in [0.15, 0.2) is 0 Å². The van der Waals surface area contributed by atoms with Crippen molar-refractivity contribution in [3.05, 3.63) is 202 Å². The lowest BCUT2D eigenvalue weighted by Gasteiger charge is -2.09. The number of carbonyl (C=O) groups excluding carboxylic acids is 2. The van der Waals surface area contributed by atoms with E-state index in [0.29, 0.717) is 51.1 Å². The van der Waals surface area contributed by atoms with Crippen LogP contribution in [0.1, 0.15) is 51.8 Å². The molecule has 0 aliphatic rings. The number of carboxylic acid groups (broad SMARTS) is 3. The molecule has 0 spiro atoms. The molecule has 7 aromatic carbocycles. The van der Waals surface area contributed by atoms with Crippen LogP contribution >= 0.6 is 15.9 Å². The summed E-state index contributed by atoms with van der Waals surface area (Å²) in [4.78, 5) is 56.5. The van der Waals surface area contributed by atoms with Gasteiger partial charge in [0.1, 0.15) is 34.5 Å². The number of benzene rings is 7. The molecule has 14 nitrogen and oxygen atoms in total. The number of hydrogen-bond donors (Lipinski definition) is 7. The van der Waals surface area contributed by atoms with Gasteiger partial charge in [0.2, 0.25) is 0 Å².